The zero-order valence-corrected chi connectivity index (χ0v) is 43.3. The predicted molar refractivity (Wildman–Crippen MR) is 220 cm³/mol. The number of carbonyl (C=O) groups is 1. The minimum absolute atomic E-state index is 0.312. The summed E-state index contributed by atoms with van der Waals surface area (Å²) in [4.78, 5) is 11.9. The van der Waals surface area contributed by atoms with Crippen molar-refractivity contribution in [3.05, 3.63) is 12.7 Å². The quantitative estimate of drug-likeness (QED) is 0.0411. The second kappa shape index (κ2) is 20.1. The van der Waals surface area contributed by atoms with Crippen LogP contribution in [-0.4, -0.2) is 101 Å². The smallest absolute Gasteiger partial charge is 0.463 e. The van der Waals surface area contributed by atoms with E-state index in [1.165, 1.54) is 6.08 Å². The summed E-state index contributed by atoms with van der Waals surface area (Å²) in [7, 11) is -15.9. The van der Waals surface area contributed by atoms with Crippen LogP contribution >= 0.6 is 0 Å². The molecule has 0 heterocycles. The van der Waals surface area contributed by atoms with E-state index in [1.54, 1.807) is 0 Å². The number of rotatable bonds is 26. The predicted octanol–water partition coefficient (Wildman–Crippen LogP) is 6.77. The molecule has 0 saturated heterocycles. The average Bonchev–Trinajstić information content (AvgIpc) is 2.82. The highest BCUT2D eigenvalue weighted by Gasteiger charge is 2.52. The van der Waals surface area contributed by atoms with Gasteiger partial charge in [0.15, 0.2) is 49.9 Å². The lowest BCUT2D eigenvalue weighted by atomic mass is 10.5. The van der Waals surface area contributed by atoms with Crippen LogP contribution in [0.15, 0.2) is 12.7 Å². The summed E-state index contributed by atoms with van der Waals surface area (Å²) in [5.41, 5.74) is 0. The van der Waals surface area contributed by atoms with Crippen molar-refractivity contribution < 1.29 is 34.2 Å². The van der Waals surface area contributed by atoms with Crippen LogP contribution in [-0.2, 0) is 34.2 Å². The number of hydrogen-bond donors (Lipinski definition) is 0. The Balaban J connectivity index is 6.21. The molecule has 0 bridgehead atoms. The number of ether oxygens (including phenoxy) is 1. The minimum Gasteiger partial charge on any atom is -0.463 e. The lowest BCUT2D eigenvalue weighted by molar-refractivity contribution is -0.137. The van der Waals surface area contributed by atoms with Gasteiger partial charge in [0.1, 0.15) is 29.3 Å². The van der Waals surface area contributed by atoms with E-state index in [9.17, 15) is 4.79 Å². The molecule has 0 amide bonds. The van der Waals surface area contributed by atoms with Crippen LogP contribution in [0.4, 0.5) is 0 Å². The fraction of sp³-hybridized carbons (Fsp3) is 0.889. The highest BCUT2D eigenvalue weighted by molar-refractivity contribution is 6.91. The Kier molecular flexibility index (Phi) is 20.6. The van der Waals surface area contributed by atoms with Gasteiger partial charge in [-0.05, 0) is 141 Å². The van der Waals surface area contributed by atoms with Gasteiger partial charge in [-0.15, -0.1) is 0 Å². The Hall–Kier alpha value is 1.14. The third-order valence-electron chi connectivity index (χ3n) is 6.71. The normalized spacial score (nSPS) is 16.0. The summed E-state index contributed by atoms with van der Waals surface area (Å²) in [6.45, 7) is 38.3. The Morgan fingerprint density at radius 1 is 0.556 bits per heavy atom. The summed E-state index contributed by atoms with van der Waals surface area (Å²) in [6, 6.07) is 7.16. The van der Waals surface area contributed by atoms with E-state index in [0.717, 1.165) is 36.3 Å². The molecule has 0 unspecified atom stereocenters. The van der Waals surface area contributed by atoms with Crippen LogP contribution in [0.5, 0.6) is 0 Å². The average molecular weight is 806 g/mol. The van der Waals surface area contributed by atoms with E-state index < -0.39 is 94.0 Å². The molecule has 0 aliphatic carbocycles. The molecule has 0 aromatic rings. The molecule has 0 fully saturated rings. The first-order chi connectivity index (χ1) is 20.2. The van der Waals surface area contributed by atoms with Crippen LogP contribution in [0, 0.1) is 0 Å². The Labute approximate surface area is 292 Å². The van der Waals surface area contributed by atoms with Gasteiger partial charge in [0.2, 0.25) is 0 Å². The monoisotopic (exact) mass is 804 g/mol. The molecule has 0 radical (unpaired) electrons. The molecule has 18 heteroatoms. The first-order valence-corrected chi connectivity index (χ1v) is 43.2. The van der Waals surface area contributed by atoms with Crippen molar-refractivity contribution >= 4 is 94.0 Å². The molecule has 0 aliphatic rings. The molecule has 0 rings (SSSR count). The van der Waals surface area contributed by atoms with Crippen LogP contribution in [0.2, 0.25) is 141 Å². The molecule has 0 saturated carbocycles. The standard InChI is InChI=1S/C27H72O8Si10/c1-17-27(28)29-19-18-23-45(33-42(11,12)24-20-36-30-39(2,3)4,34-43(13,14)25-21-37-31-40(5,6)7)35-44(15,16)26-22-38-32-41(8,9)10/h17H,1,18-26,36-38H2,2-16H3. The SMILES string of the molecule is C=CC(=O)OCCC[Si](O[Si](C)(C)CC[SiH2]O[Si](C)(C)C)(O[Si](C)(C)CC[SiH2]O[Si](C)(C)C)O[Si](C)(C)CC[SiH2]O[Si](C)(C)C. The molecule has 0 atom stereocenters. The summed E-state index contributed by atoms with van der Waals surface area (Å²) >= 11 is 0. The van der Waals surface area contributed by atoms with E-state index in [0.29, 0.717) is 19.1 Å². The molecule has 8 nitrogen and oxygen atoms in total. The Morgan fingerprint density at radius 2 is 0.867 bits per heavy atom. The molecular weight excluding hydrogens is 733 g/mol. The van der Waals surface area contributed by atoms with E-state index in [4.69, 9.17) is 29.4 Å². The Morgan fingerprint density at radius 3 is 1.13 bits per heavy atom. The van der Waals surface area contributed by atoms with Crippen molar-refractivity contribution in [3.8, 4) is 0 Å². The zero-order chi connectivity index (χ0) is 35.2. The second-order valence-corrected chi connectivity index (χ2v) is 52.8. The van der Waals surface area contributed by atoms with Gasteiger partial charge in [-0.3, -0.25) is 0 Å². The molecule has 0 N–H and O–H groups in total. The summed E-state index contributed by atoms with van der Waals surface area (Å²) in [5.74, 6) is -0.392. The third-order valence-corrected chi connectivity index (χ3v) is 39.6. The molecule has 0 aromatic carbocycles. The fourth-order valence-electron chi connectivity index (χ4n) is 4.78. The molecule has 0 spiro atoms. The van der Waals surface area contributed by atoms with Gasteiger partial charge < -0.3 is 29.4 Å². The topological polar surface area (TPSA) is 81.7 Å². The van der Waals surface area contributed by atoms with Crippen molar-refractivity contribution in [1.29, 1.82) is 0 Å². The highest BCUT2D eigenvalue weighted by Crippen LogP contribution is 2.34. The van der Waals surface area contributed by atoms with Gasteiger partial charge in [0.05, 0.1) is 6.61 Å². The van der Waals surface area contributed by atoms with Crippen molar-refractivity contribution in [1.82, 2.24) is 0 Å². The lowest BCUT2D eigenvalue weighted by Crippen LogP contribution is -2.62. The maximum Gasteiger partial charge on any atom is 0.469 e. The molecule has 0 aromatic heterocycles. The van der Waals surface area contributed by atoms with Crippen molar-refractivity contribution in [3.63, 3.8) is 0 Å². The largest absolute Gasteiger partial charge is 0.469 e. The highest BCUT2D eigenvalue weighted by atomic mass is 28.5. The summed E-state index contributed by atoms with van der Waals surface area (Å²) < 4.78 is 46.5. The maximum atomic E-state index is 11.9. The van der Waals surface area contributed by atoms with Crippen LogP contribution in [0.25, 0.3) is 0 Å². The third kappa shape index (κ3) is 26.7. The minimum atomic E-state index is -3.16. The summed E-state index contributed by atoms with van der Waals surface area (Å²) in [5, 5.41) is 0. The van der Waals surface area contributed by atoms with Gasteiger partial charge in [0.25, 0.3) is 0 Å². The van der Waals surface area contributed by atoms with E-state index >= 15 is 0 Å². The molecule has 45 heavy (non-hydrogen) atoms. The van der Waals surface area contributed by atoms with Crippen LogP contribution in [0.3, 0.4) is 0 Å². The maximum absolute atomic E-state index is 11.9. The lowest BCUT2D eigenvalue weighted by Gasteiger charge is -2.45. The van der Waals surface area contributed by atoms with Crippen molar-refractivity contribution in [2.75, 3.05) is 6.61 Å². The number of esters is 1. The molecular formula is C27H72O8Si10. The van der Waals surface area contributed by atoms with Gasteiger partial charge in [0, 0.05) is 12.1 Å². The first kappa shape index (κ1) is 46.1. The second-order valence-electron chi connectivity index (χ2n) is 16.9. The van der Waals surface area contributed by atoms with Crippen molar-refractivity contribution in [2.24, 2.45) is 0 Å². The number of carbonyl (C=O) groups excluding carboxylic acids is 1. The van der Waals surface area contributed by atoms with Gasteiger partial charge in [-0.2, -0.15) is 0 Å². The van der Waals surface area contributed by atoms with Crippen LogP contribution < -0.4 is 0 Å². The van der Waals surface area contributed by atoms with E-state index in [2.05, 4.69) is 105 Å². The van der Waals surface area contributed by atoms with E-state index in [1.807, 2.05) is 0 Å². The molecule has 268 valence electrons. The molecule has 0 aliphatic heterocycles. The zero-order valence-electron chi connectivity index (χ0n) is 32.0. The summed E-state index contributed by atoms with van der Waals surface area (Å²) in [6.07, 6.45) is 1.88. The van der Waals surface area contributed by atoms with Gasteiger partial charge in [-0.25, -0.2) is 4.79 Å². The van der Waals surface area contributed by atoms with Crippen LogP contribution in [0.1, 0.15) is 6.42 Å². The number of hydrogen-bond acceptors (Lipinski definition) is 8. The first-order valence-electron chi connectivity index (χ1n) is 17.0. The Bertz CT molecular complexity index is 783. The van der Waals surface area contributed by atoms with Gasteiger partial charge >= 0.3 is 14.8 Å². The fourth-order valence-corrected chi connectivity index (χ4v) is 40.6. The van der Waals surface area contributed by atoms with Crippen molar-refractivity contribution in [2.45, 2.75) is 147 Å². The van der Waals surface area contributed by atoms with Gasteiger partial charge in [-0.1, -0.05) is 6.58 Å². The van der Waals surface area contributed by atoms with E-state index in [-0.39, 0.29) is 0 Å².